The third-order valence-corrected chi connectivity index (χ3v) is 7.31. The van der Waals surface area contributed by atoms with Crippen molar-refractivity contribution in [3.63, 3.8) is 0 Å². The van der Waals surface area contributed by atoms with Crippen LogP contribution in [0.1, 0.15) is 62.8 Å². The second-order valence-corrected chi connectivity index (χ2v) is 9.06. The zero-order chi connectivity index (χ0) is 16.0. The SMILES string of the molecule is Cl.c1ccc(N2CCN(CC3CC3)CC2)c(C2CCC3(CC2)CC3)c1. The topological polar surface area (TPSA) is 6.48 Å². The van der Waals surface area contributed by atoms with Gasteiger partial charge in [0.1, 0.15) is 0 Å². The van der Waals surface area contributed by atoms with Crippen LogP contribution in [-0.4, -0.2) is 37.6 Å². The summed E-state index contributed by atoms with van der Waals surface area (Å²) in [5.74, 6) is 1.85. The second-order valence-electron chi connectivity index (χ2n) is 9.06. The monoisotopic (exact) mass is 360 g/mol. The average Bonchev–Trinajstić information content (AvgIpc) is 3.56. The first-order valence-corrected chi connectivity index (χ1v) is 10.4. The summed E-state index contributed by atoms with van der Waals surface area (Å²) >= 11 is 0. The van der Waals surface area contributed by atoms with Gasteiger partial charge in [-0.3, -0.25) is 4.90 Å². The van der Waals surface area contributed by atoms with Gasteiger partial charge in [0.15, 0.2) is 0 Å². The number of halogens is 1. The van der Waals surface area contributed by atoms with Crippen LogP contribution in [0.5, 0.6) is 0 Å². The Bertz CT molecular complexity index is 575. The Balaban J connectivity index is 0.00000157. The van der Waals surface area contributed by atoms with Crippen molar-refractivity contribution in [2.75, 3.05) is 37.6 Å². The van der Waals surface area contributed by atoms with Gasteiger partial charge < -0.3 is 4.90 Å². The molecule has 0 N–H and O–H groups in total. The largest absolute Gasteiger partial charge is 0.369 e. The first kappa shape index (κ1) is 17.7. The lowest BCUT2D eigenvalue weighted by atomic mass is 9.76. The minimum absolute atomic E-state index is 0. The smallest absolute Gasteiger partial charge is 0.0402 e. The van der Waals surface area contributed by atoms with E-state index in [-0.39, 0.29) is 12.4 Å². The number of hydrogen-bond donors (Lipinski definition) is 0. The number of para-hydroxylation sites is 1. The summed E-state index contributed by atoms with van der Waals surface area (Å²) < 4.78 is 0. The molecule has 0 radical (unpaired) electrons. The molecule has 2 nitrogen and oxygen atoms in total. The molecule has 0 amide bonds. The van der Waals surface area contributed by atoms with E-state index >= 15 is 0 Å². The highest BCUT2D eigenvalue weighted by Crippen LogP contribution is 2.59. The molecule has 1 aromatic rings. The van der Waals surface area contributed by atoms with Crippen molar-refractivity contribution in [1.29, 1.82) is 0 Å². The Morgan fingerprint density at radius 3 is 2.16 bits per heavy atom. The average molecular weight is 361 g/mol. The van der Waals surface area contributed by atoms with Gasteiger partial charge in [0.05, 0.1) is 0 Å². The molecule has 1 spiro atoms. The maximum atomic E-state index is 2.70. The van der Waals surface area contributed by atoms with Gasteiger partial charge in [-0.2, -0.15) is 0 Å². The fourth-order valence-electron chi connectivity index (χ4n) is 5.18. The van der Waals surface area contributed by atoms with E-state index in [4.69, 9.17) is 0 Å². The minimum atomic E-state index is 0. The fourth-order valence-corrected chi connectivity index (χ4v) is 5.18. The van der Waals surface area contributed by atoms with Crippen LogP contribution < -0.4 is 4.90 Å². The molecular weight excluding hydrogens is 328 g/mol. The van der Waals surface area contributed by atoms with Crippen LogP contribution >= 0.6 is 12.4 Å². The number of hydrogen-bond acceptors (Lipinski definition) is 2. The van der Waals surface area contributed by atoms with Gasteiger partial charge in [0, 0.05) is 38.4 Å². The maximum Gasteiger partial charge on any atom is 0.0402 e. The lowest BCUT2D eigenvalue weighted by Gasteiger charge is -2.38. The predicted octanol–water partition coefficient (Wildman–Crippen LogP) is 5.08. The van der Waals surface area contributed by atoms with Gasteiger partial charge in [0.25, 0.3) is 0 Å². The Hall–Kier alpha value is -0.730. The first-order chi connectivity index (χ1) is 11.8. The summed E-state index contributed by atoms with van der Waals surface area (Å²) in [4.78, 5) is 5.38. The van der Waals surface area contributed by atoms with Crippen LogP contribution in [0.4, 0.5) is 5.69 Å². The zero-order valence-electron chi connectivity index (χ0n) is 15.5. The molecule has 3 saturated carbocycles. The summed E-state index contributed by atoms with van der Waals surface area (Å²) in [5.41, 5.74) is 4.02. The molecule has 3 aliphatic carbocycles. The van der Waals surface area contributed by atoms with Crippen molar-refractivity contribution in [3.05, 3.63) is 29.8 Å². The molecule has 1 aromatic carbocycles. The molecule has 1 aliphatic heterocycles. The quantitative estimate of drug-likeness (QED) is 0.738. The Morgan fingerprint density at radius 1 is 0.840 bits per heavy atom. The molecule has 3 heteroatoms. The molecule has 1 saturated heterocycles. The molecule has 1 heterocycles. The normalized spacial score (nSPS) is 26.5. The lowest BCUT2D eigenvalue weighted by molar-refractivity contribution is 0.247. The Labute approximate surface area is 159 Å². The number of nitrogens with zero attached hydrogens (tertiary/aromatic N) is 2. The summed E-state index contributed by atoms with van der Waals surface area (Å²) in [6.07, 6.45) is 11.8. The highest BCUT2D eigenvalue weighted by Gasteiger charge is 2.45. The van der Waals surface area contributed by atoms with E-state index in [2.05, 4.69) is 34.1 Å². The predicted molar refractivity (Wildman–Crippen MR) is 108 cm³/mol. The summed E-state index contributed by atoms with van der Waals surface area (Å²) in [5, 5.41) is 0. The molecule has 25 heavy (non-hydrogen) atoms. The molecule has 0 bridgehead atoms. The van der Waals surface area contributed by atoms with E-state index < -0.39 is 0 Å². The van der Waals surface area contributed by atoms with Crippen molar-refractivity contribution < 1.29 is 0 Å². The fraction of sp³-hybridized carbons (Fsp3) is 0.727. The third-order valence-electron chi connectivity index (χ3n) is 7.31. The van der Waals surface area contributed by atoms with Crippen molar-refractivity contribution in [3.8, 4) is 0 Å². The minimum Gasteiger partial charge on any atom is -0.369 e. The number of benzene rings is 1. The van der Waals surface area contributed by atoms with Crippen LogP contribution in [0.25, 0.3) is 0 Å². The lowest BCUT2D eigenvalue weighted by Crippen LogP contribution is -2.47. The zero-order valence-corrected chi connectivity index (χ0v) is 16.3. The van der Waals surface area contributed by atoms with Crippen molar-refractivity contribution >= 4 is 18.1 Å². The van der Waals surface area contributed by atoms with E-state index in [9.17, 15) is 0 Å². The Morgan fingerprint density at radius 2 is 1.52 bits per heavy atom. The van der Waals surface area contributed by atoms with Gasteiger partial charge in [-0.05, 0) is 80.2 Å². The van der Waals surface area contributed by atoms with Crippen LogP contribution in [0, 0.1) is 11.3 Å². The van der Waals surface area contributed by atoms with Crippen LogP contribution in [0.15, 0.2) is 24.3 Å². The molecule has 0 unspecified atom stereocenters. The van der Waals surface area contributed by atoms with Gasteiger partial charge in [-0.15, -0.1) is 12.4 Å². The van der Waals surface area contributed by atoms with E-state index in [0.29, 0.717) is 0 Å². The van der Waals surface area contributed by atoms with Crippen molar-refractivity contribution in [2.45, 2.75) is 57.3 Å². The van der Waals surface area contributed by atoms with Crippen LogP contribution in [-0.2, 0) is 0 Å². The highest BCUT2D eigenvalue weighted by molar-refractivity contribution is 5.85. The third kappa shape index (κ3) is 3.85. The van der Waals surface area contributed by atoms with Crippen molar-refractivity contribution in [2.24, 2.45) is 11.3 Å². The first-order valence-electron chi connectivity index (χ1n) is 10.4. The molecule has 4 fully saturated rings. The molecule has 0 atom stereocenters. The van der Waals surface area contributed by atoms with Gasteiger partial charge >= 0.3 is 0 Å². The van der Waals surface area contributed by atoms with E-state index in [1.165, 1.54) is 84.1 Å². The standard InChI is InChI=1S/C22H32N2.ClH/c1-2-4-21(24-15-13-23(14-16-24)17-18-5-6-18)20(3-1)19-7-9-22(10-8-19)11-12-22;/h1-4,18-19H,5-17H2;1H. The van der Waals surface area contributed by atoms with Gasteiger partial charge in [0.2, 0.25) is 0 Å². The second kappa shape index (κ2) is 7.12. The summed E-state index contributed by atoms with van der Waals surface area (Å²) in [6.45, 7) is 6.33. The van der Waals surface area contributed by atoms with E-state index in [1.54, 1.807) is 11.3 Å². The molecule has 0 aromatic heterocycles. The van der Waals surface area contributed by atoms with Crippen LogP contribution in [0.3, 0.4) is 0 Å². The van der Waals surface area contributed by atoms with E-state index in [1.807, 2.05) is 0 Å². The maximum absolute atomic E-state index is 2.70. The van der Waals surface area contributed by atoms with Crippen molar-refractivity contribution in [1.82, 2.24) is 4.90 Å². The molecular formula is C22H33ClN2. The number of piperazine rings is 1. The number of rotatable bonds is 4. The molecule has 138 valence electrons. The molecule has 5 rings (SSSR count). The van der Waals surface area contributed by atoms with Gasteiger partial charge in [-0.1, -0.05) is 18.2 Å². The van der Waals surface area contributed by atoms with Gasteiger partial charge in [-0.25, -0.2) is 0 Å². The summed E-state index contributed by atoms with van der Waals surface area (Å²) in [7, 11) is 0. The van der Waals surface area contributed by atoms with Crippen LogP contribution in [0.2, 0.25) is 0 Å². The number of anilines is 1. The van der Waals surface area contributed by atoms with E-state index in [0.717, 1.165) is 17.3 Å². The summed E-state index contributed by atoms with van der Waals surface area (Å²) in [6, 6.07) is 9.35. The Kier molecular flexibility index (Phi) is 5.03. The highest BCUT2D eigenvalue weighted by atomic mass is 35.5. The molecule has 4 aliphatic rings.